The van der Waals surface area contributed by atoms with Crippen LogP contribution in [0.4, 0.5) is 0 Å². The summed E-state index contributed by atoms with van der Waals surface area (Å²) in [4.78, 5) is 38.0. The second kappa shape index (κ2) is 58.9. The summed E-state index contributed by atoms with van der Waals surface area (Å²) in [6.07, 6.45) is 78.7. The van der Waals surface area contributed by atoms with E-state index in [0.717, 1.165) is 89.9 Å². The van der Waals surface area contributed by atoms with Crippen molar-refractivity contribution in [1.82, 2.24) is 0 Å². The van der Waals surface area contributed by atoms with Crippen molar-refractivity contribution in [3.05, 3.63) is 97.2 Å². The average Bonchev–Trinajstić information content (AvgIpc) is 3.37. The maximum atomic E-state index is 12.8. The highest BCUT2D eigenvalue weighted by molar-refractivity contribution is 5.71. The third-order valence-electron chi connectivity index (χ3n) is 12.6. The highest BCUT2D eigenvalue weighted by Gasteiger charge is 2.19. The number of carbonyl (C=O) groups excluding carboxylic acids is 3. The van der Waals surface area contributed by atoms with Crippen molar-refractivity contribution in [1.29, 1.82) is 0 Å². The zero-order valence-corrected chi connectivity index (χ0v) is 46.5. The van der Waals surface area contributed by atoms with E-state index < -0.39 is 12.1 Å². The van der Waals surface area contributed by atoms with Crippen LogP contribution in [0.2, 0.25) is 0 Å². The maximum absolute atomic E-state index is 12.8. The Morgan fingerprint density at radius 1 is 0.296 bits per heavy atom. The molecule has 0 heterocycles. The number of rotatable bonds is 53. The van der Waals surface area contributed by atoms with Crippen LogP contribution in [0.25, 0.3) is 0 Å². The third kappa shape index (κ3) is 57.1. The molecule has 406 valence electrons. The summed E-state index contributed by atoms with van der Waals surface area (Å²) in [5, 5.41) is 0. The Kier molecular flexibility index (Phi) is 55.9. The number of carbonyl (C=O) groups is 3. The standard InChI is InChI=1S/C65H110O6/c1-4-7-10-13-16-19-22-25-26-27-28-29-30-31-32-33-34-35-36-37-38-41-43-46-49-52-55-58-64(67)70-61-62(71-65(68)59-56-53-50-47-44-40-24-21-18-15-12-9-6-3)60-69-63(66)57-54-51-48-45-42-39-23-20-17-14-11-8-5-2/h8-9,11-12,17-18,20-21,27-28,39-40,42,44,50,53,62H,4-7,10,13-16,19,22-26,29-38,41,43,45-49,51-52,54-61H2,1-3H3/b11-8-,12-9-,20-17-,21-18-,28-27-,42-39-,44-40-,53-50-. The van der Waals surface area contributed by atoms with Gasteiger partial charge >= 0.3 is 17.9 Å². The van der Waals surface area contributed by atoms with Crippen molar-refractivity contribution >= 4 is 17.9 Å². The van der Waals surface area contributed by atoms with Crippen molar-refractivity contribution in [2.45, 2.75) is 284 Å². The van der Waals surface area contributed by atoms with E-state index in [1.807, 2.05) is 12.2 Å². The number of unbranched alkanes of at least 4 members (excludes halogenated alkanes) is 26. The van der Waals surface area contributed by atoms with Crippen LogP contribution in [0.3, 0.4) is 0 Å². The maximum Gasteiger partial charge on any atom is 0.306 e. The van der Waals surface area contributed by atoms with Gasteiger partial charge in [-0.15, -0.1) is 0 Å². The van der Waals surface area contributed by atoms with Gasteiger partial charge in [-0.25, -0.2) is 0 Å². The van der Waals surface area contributed by atoms with Crippen LogP contribution in [0.5, 0.6) is 0 Å². The van der Waals surface area contributed by atoms with Gasteiger partial charge in [-0.3, -0.25) is 14.4 Å². The molecule has 0 radical (unpaired) electrons. The second-order valence-electron chi connectivity index (χ2n) is 19.5. The molecule has 1 atom stereocenters. The van der Waals surface area contributed by atoms with E-state index in [4.69, 9.17) is 14.2 Å². The van der Waals surface area contributed by atoms with Gasteiger partial charge in [0.2, 0.25) is 0 Å². The van der Waals surface area contributed by atoms with Crippen LogP contribution in [-0.4, -0.2) is 37.2 Å². The fraction of sp³-hybridized carbons (Fsp3) is 0.708. The van der Waals surface area contributed by atoms with Gasteiger partial charge in [0, 0.05) is 19.3 Å². The predicted octanol–water partition coefficient (Wildman–Crippen LogP) is 20.1. The summed E-state index contributed by atoms with van der Waals surface area (Å²) in [5.41, 5.74) is 0. The Bertz CT molecular complexity index is 1410. The molecule has 0 aliphatic rings. The SMILES string of the molecule is CC/C=C\C/C=C\C/C=C\C/C=C\CCC(=O)OC(COC(=O)CCCCC/C=C\C/C=C\C/C=C\CC)COC(=O)CCCCCCCCCCCCCCCCC/C=C\CCCCCCCCCC. The first-order chi connectivity index (χ1) is 35.0. The van der Waals surface area contributed by atoms with Crippen molar-refractivity contribution < 1.29 is 28.6 Å². The van der Waals surface area contributed by atoms with E-state index in [2.05, 4.69) is 106 Å². The minimum absolute atomic E-state index is 0.115. The van der Waals surface area contributed by atoms with Crippen LogP contribution < -0.4 is 0 Å². The molecule has 0 aliphatic heterocycles. The molecule has 0 spiro atoms. The first-order valence-corrected chi connectivity index (χ1v) is 29.7. The Hall–Kier alpha value is -3.67. The van der Waals surface area contributed by atoms with E-state index in [1.165, 1.54) is 141 Å². The molecular weight excluding hydrogens is 877 g/mol. The van der Waals surface area contributed by atoms with Gasteiger partial charge in [0.1, 0.15) is 13.2 Å². The molecule has 0 saturated heterocycles. The average molecular weight is 988 g/mol. The zero-order chi connectivity index (χ0) is 51.4. The number of hydrogen-bond donors (Lipinski definition) is 0. The normalized spacial score (nSPS) is 12.8. The Balaban J connectivity index is 4.27. The molecule has 0 bridgehead atoms. The van der Waals surface area contributed by atoms with Gasteiger partial charge < -0.3 is 14.2 Å². The largest absolute Gasteiger partial charge is 0.462 e. The minimum Gasteiger partial charge on any atom is -0.462 e. The molecule has 0 N–H and O–H groups in total. The van der Waals surface area contributed by atoms with Crippen molar-refractivity contribution in [3.8, 4) is 0 Å². The molecule has 1 unspecified atom stereocenters. The van der Waals surface area contributed by atoms with E-state index in [1.54, 1.807) is 0 Å². The molecule has 0 rings (SSSR count). The monoisotopic (exact) mass is 987 g/mol. The fourth-order valence-corrected chi connectivity index (χ4v) is 8.17. The molecule has 0 fully saturated rings. The van der Waals surface area contributed by atoms with Crippen molar-refractivity contribution in [2.24, 2.45) is 0 Å². The quantitative estimate of drug-likeness (QED) is 0.0261. The highest BCUT2D eigenvalue weighted by atomic mass is 16.6. The lowest BCUT2D eigenvalue weighted by molar-refractivity contribution is -0.166. The second-order valence-corrected chi connectivity index (χ2v) is 19.5. The molecular formula is C65H110O6. The van der Waals surface area contributed by atoms with Crippen LogP contribution >= 0.6 is 0 Å². The molecule has 71 heavy (non-hydrogen) atoms. The predicted molar refractivity (Wildman–Crippen MR) is 307 cm³/mol. The van der Waals surface area contributed by atoms with Crippen LogP contribution in [0.1, 0.15) is 278 Å². The van der Waals surface area contributed by atoms with Gasteiger partial charge in [0.05, 0.1) is 0 Å². The van der Waals surface area contributed by atoms with Crippen LogP contribution in [0.15, 0.2) is 97.2 Å². The van der Waals surface area contributed by atoms with Gasteiger partial charge in [-0.05, 0) is 103 Å². The van der Waals surface area contributed by atoms with Gasteiger partial charge in [0.15, 0.2) is 6.10 Å². The third-order valence-corrected chi connectivity index (χ3v) is 12.6. The van der Waals surface area contributed by atoms with Gasteiger partial charge in [0.25, 0.3) is 0 Å². The lowest BCUT2D eigenvalue weighted by Crippen LogP contribution is -2.30. The van der Waals surface area contributed by atoms with Crippen LogP contribution in [-0.2, 0) is 28.6 Å². The highest BCUT2D eigenvalue weighted by Crippen LogP contribution is 2.16. The molecule has 6 nitrogen and oxygen atoms in total. The summed E-state index contributed by atoms with van der Waals surface area (Å²) in [6, 6.07) is 0. The van der Waals surface area contributed by atoms with E-state index >= 15 is 0 Å². The van der Waals surface area contributed by atoms with E-state index in [0.29, 0.717) is 19.3 Å². The first kappa shape index (κ1) is 67.3. The lowest BCUT2D eigenvalue weighted by atomic mass is 10.0. The lowest BCUT2D eigenvalue weighted by Gasteiger charge is -2.18. The van der Waals surface area contributed by atoms with Crippen molar-refractivity contribution in [2.75, 3.05) is 13.2 Å². The van der Waals surface area contributed by atoms with Gasteiger partial charge in [-0.2, -0.15) is 0 Å². The smallest absolute Gasteiger partial charge is 0.306 e. The number of ether oxygens (including phenoxy) is 3. The summed E-state index contributed by atoms with van der Waals surface area (Å²) in [6.45, 7) is 6.33. The molecule has 0 aromatic carbocycles. The Labute approximate surface area is 438 Å². The summed E-state index contributed by atoms with van der Waals surface area (Å²) in [7, 11) is 0. The first-order valence-electron chi connectivity index (χ1n) is 29.7. The molecule has 6 heteroatoms. The molecule has 0 amide bonds. The van der Waals surface area contributed by atoms with E-state index in [-0.39, 0.29) is 31.6 Å². The summed E-state index contributed by atoms with van der Waals surface area (Å²) < 4.78 is 16.7. The van der Waals surface area contributed by atoms with Crippen LogP contribution in [0, 0.1) is 0 Å². The van der Waals surface area contributed by atoms with Crippen molar-refractivity contribution in [3.63, 3.8) is 0 Å². The molecule has 0 aromatic heterocycles. The number of esters is 3. The Morgan fingerprint density at radius 3 is 0.944 bits per heavy atom. The fourth-order valence-electron chi connectivity index (χ4n) is 8.17. The number of hydrogen-bond acceptors (Lipinski definition) is 6. The number of allylic oxidation sites excluding steroid dienone is 16. The summed E-state index contributed by atoms with van der Waals surface area (Å²) in [5.74, 6) is -1.03. The minimum atomic E-state index is -0.827. The topological polar surface area (TPSA) is 78.9 Å². The molecule has 0 aliphatic carbocycles. The zero-order valence-electron chi connectivity index (χ0n) is 46.5. The summed E-state index contributed by atoms with van der Waals surface area (Å²) >= 11 is 0. The van der Waals surface area contributed by atoms with Gasteiger partial charge in [-0.1, -0.05) is 253 Å². The molecule has 0 aromatic rings. The van der Waals surface area contributed by atoms with E-state index in [9.17, 15) is 14.4 Å². The molecule has 0 saturated carbocycles. The Morgan fingerprint density at radius 2 is 0.577 bits per heavy atom.